The van der Waals surface area contributed by atoms with Crippen LogP contribution < -0.4 is 5.32 Å². The number of carbonyl (C=O) groups is 1. The molecule has 2 rings (SSSR count). The van der Waals surface area contributed by atoms with Gasteiger partial charge in [-0.2, -0.15) is 0 Å². The average molecular weight is 315 g/mol. The van der Waals surface area contributed by atoms with Crippen LogP contribution in [-0.4, -0.2) is 12.5 Å². The van der Waals surface area contributed by atoms with Gasteiger partial charge in [0.15, 0.2) is 0 Å². The fourth-order valence-corrected chi connectivity index (χ4v) is 2.85. The summed E-state index contributed by atoms with van der Waals surface area (Å²) in [5, 5.41) is 3.01. The first kappa shape index (κ1) is 16.9. The summed E-state index contributed by atoms with van der Waals surface area (Å²) >= 11 is 4.27. The standard InChI is InChI=1S/C19H25NOS/c1-13(2)15-7-9-16(10-8-15)14(3)12-20-19(21)17-5-4-6-18(22)11-17/h4-7,9-11,13-15,22H,8,12H2,1-3H3,(H,20,21)/t14-,15?/m1/s1. The number of carbonyl (C=O) groups excluding carboxylic acids is 1. The third-order valence-electron chi connectivity index (χ3n) is 4.26. The fourth-order valence-electron chi connectivity index (χ4n) is 2.63. The number of thiol groups is 1. The van der Waals surface area contributed by atoms with Crippen LogP contribution >= 0.6 is 12.6 Å². The predicted molar refractivity (Wildman–Crippen MR) is 95.4 cm³/mol. The van der Waals surface area contributed by atoms with E-state index < -0.39 is 0 Å². The first-order chi connectivity index (χ1) is 10.5. The van der Waals surface area contributed by atoms with Gasteiger partial charge in [0.05, 0.1) is 0 Å². The van der Waals surface area contributed by atoms with Gasteiger partial charge in [0.2, 0.25) is 0 Å². The molecule has 0 bridgehead atoms. The molecule has 3 heteroatoms. The van der Waals surface area contributed by atoms with Gasteiger partial charge in [-0.3, -0.25) is 4.79 Å². The SMILES string of the molecule is CC(C)C1C=CC([C@H](C)CNC(=O)c2cccc(S)c2)=CC1. The lowest BCUT2D eigenvalue weighted by atomic mass is 9.85. The summed E-state index contributed by atoms with van der Waals surface area (Å²) in [5.41, 5.74) is 1.98. The van der Waals surface area contributed by atoms with Crippen molar-refractivity contribution in [3.05, 3.63) is 53.6 Å². The first-order valence-electron chi connectivity index (χ1n) is 7.93. The van der Waals surface area contributed by atoms with Crippen LogP contribution in [0.5, 0.6) is 0 Å². The van der Waals surface area contributed by atoms with Gasteiger partial charge in [-0.05, 0) is 47.9 Å². The van der Waals surface area contributed by atoms with Gasteiger partial charge in [-0.15, -0.1) is 12.6 Å². The van der Waals surface area contributed by atoms with E-state index in [9.17, 15) is 4.79 Å². The Bertz CT molecular complexity index is 589. The summed E-state index contributed by atoms with van der Waals surface area (Å²) in [6, 6.07) is 7.31. The minimum absolute atomic E-state index is 0.0387. The second-order valence-corrected chi connectivity index (χ2v) is 6.88. The van der Waals surface area contributed by atoms with Crippen LogP contribution in [-0.2, 0) is 0 Å². The zero-order valence-electron chi connectivity index (χ0n) is 13.5. The quantitative estimate of drug-likeness (QED) is 0.770. The van der Waals surface area contributed by atoms with E-state index in [1.807, 2.05) is 18.2 Å². The number of hydrogen-bond acceptors (Lipinski definition) is 2. The van der Waals surface area contributed by atoms with Crippen molar-refractivity contribution < 1.29 is 4.79 Å². The maximum Gasteiger partial charge on any atom is 0.251 e. The molecule has 1 aliphatic carbocycles. The first-order valence-corrected chi connectivity index (χ1v) is 8.37. The van der Waals surface area contributed by atoms with E-state index in [1.54, 1.807) is 6.07 Å². The van der Waals surface area contributed by atoms with Crippen molar-refractivity contribution >= 4 is 18.5 Å². The molecule has 0 saturated heterocycles. The number of rotatable bonds is 5. The van der Waals surface area contributed by atoms with Gasteiger partial charge in [-0.25, -0.2) is 0 Å². The Morgan fingerprint density at radius 2 is 2.14 bits per heavy atom. The maximum atomic E-state index is 12.1. The Morgan fingerprint density at radius 3 is 2.73 bits per heavy atom. The van der Waals surface area contributed by atoms with Crippen molar-refractivity contribution in [2.45, 2.75) is 32.1 Å². The van der Waals surface area contributed by atoms with E-state index in [1.165, 1.54) is 5.57 Å². The van der Waals surface area contributed by atoms with E-state index in [-0.39, 0.29) is 5.91 Å². The molecule has 1 aromatic rings. The normalized spacial score (nSPS) is 19.0. The molecule has 1 N–H and O–H groups in total. The molecule has 0 heterocycles. The Kier molecular flexibility index (Phi) is 5.90. The largest absolute Gasteiger partial charge is 0.351 e. The monoisotopic (exact) mass is 315 g/mol. The number of nitrogens with one attached hydrogen (secondary N) is 1. The van der Waals surface area contributed by atoms with E-state index in [2.05, 4.69) is 56.9 Å². The maximum absolute atomic E-state index is 12.1. The van der Waals surface area contributed by atoms with Gasteiger partial charge >= 0.3 is 0 Å². The van der Waals surface area contributed by atoms with E-state index >= 15 is 0 Å². The Labute approximate surface area is 139 Å². The molecule has 2 nitrogen and oxygen atoms in total. The van der Waals surface area contributed by atoms with Crippen LogP contribution in [0.25, 0.3) is 0 Å². The molecule has 1 amide bonds. The molecule has 0 fully saturated rings. The van der Waals surface area contributed by atoms with Crippen molar-refractivity contribution in [3.63, 3.8) is 0 Å². The van der Waals surface area contributed by atoms with Gasteiger partial charge in [0.25, 0.3) is 5.91 Å². The highest BCUT2D eigenvalue weighted by Gasteiger charge is 2.16. The summed E-state index contributed by atoms with van der Waals surface area (Å²) in [4.78, 5) is 12.9. The number of allylic oxidation sites excluding steroid dienone is 3. The number of amides is 1. The van der Waals surface area contributed by atoms with E-state index in [0.29, 0.717) is 29.9 Å². The van der Waals surface area contributed by atoms with Gasteiger partial charge in [0.1, 0.15) is 0 Å². The van der Waals surface area contributed by atoms with Gasteiger partial charge in [0, 0.05) is 17.0 Å². The molecule has 1 aliphatic rings. The molecule has 0 aromatic heterocycles. The van der Waals surface area contributed by atoms with Crippen molar-refractivity contribution in [3.8, 4) is 0 Å². The Hall–Kier alpha value is -1.48. The summed E-state index contributed by atoms with van der Waals surface area (Å²) in [5.74, 6) is 1.61. The highest BCUT2D eigenvalue weighted by atomic mass is 32.1. The molecule has 0 saturated carbocycles. The lowest BCUT2D eigenvalue weighted by Crippen LogP contribution is -2.29. The number of hydrogen-bond donors (Lipinski definition) is 2. The minimum Gasteiger partial charge on any atom is -0.351 e. The molecular formula is C19H25NOS. The molecule has 1 unspecified atom stereocenters. The Balaban J connectivity index is 1.87. The summed E-state index contributed by atoms with van der Waals surface area (Å²) in [6.07, 6.45) is 7.95. The highest BCUT2D eigenvalue weighted by molar-refractivity contribution is 7.80. The topological polar surface area (TPSA) is 29.1 Å². The van der Waals surface area contributed by atoms with Crippen molar-refractivity contribution in [2.24, 2.45) is 17.8 Å². The molecule has 0 aliphatic heterocycles. The summed E-state index contributed by atoms with van der Waals surface area (Å²) < 4.78 is 0. The molecule has 1 aromatic carbocycles. The smallest absolute Gasteiger partial charge is 0.251 e. The second-order valence-electron chi connectivity index (χ2n) is 6.37. The third-order valence-corrected chi connectivity index (χ3v) is 4.54. The predicted octanol–water partition coefficient (Wildman–Crippen LogP) is 4.50. The van der Waals surface area contributed by atoms with Crippen LogP contribution in [0.3, 0.4) is 0 Å². The van der Waals surface area contributed by atoms with Crippen LogP contribution in [0.2, 0.25) is 0 Å². The van der Waals surface area contributed by atoms with Gasteiger partial charge < -0.3 is 5.32 Å². The van der Waals surface area contributed by atoms with Crippen LogP contribution in [0, 0.1) is 17.8 Å². The molecule has 22 heavy (non-hydrogen) atoms. The molecule has 0 radical (unpaired) electrons. The minimum atomic E-state index is -0.0387. The zero-order chi connectivity index (χ0) is 16.1. The third kappa shape index (κ3) is 4.51. The van der Waals surface area contributed by atoms with E-state index in [4.69, 9.17) is 0 Å². The summed E-state index contributed by atoms with van der Waals surface area (Å²) in [7, 11) is 0. The fraction of sp³-hybridized carbons (Fsp3) is 0.421. The van der Waals surface area contributed by atoms with Crippen LogP contribution in [0.15, 0.2) is 53.0 Å². The average Bonchev–Trinajstić information content (AvgIpc) is 2.52. The van der Waals surface area contributed by atoms with Gasteiger partial charge in [-0.1, -0.05) is 45.1 Å². The Morgan fingerprint density at radius 1 is 1.36 bits per heavy atom. The second kappa shape index (κ2) is 7.68. The molecule has 0 spiro atoms. The molecule has 118 valence electrons. The van der Waals surface area contributed by atoms with Crippen LogP contribution in [0.4, 0.5) is 0 Å². The molecular weight excluding hydrogens is 290 g/mol. The van der Waals surface area contributed by atoms with Crippen molar-refractivity contribution in [1.82, 2.24) is 5.32 Å². The zero-order valence-corrected chi connectivity index (χ0v) is 14.4. The highest BCUT2D eigenvalue weighted by Crippen LogP contribution is 2.26. The summed E-state index contributed by atoms with van der Waals surface area (Å²) in [6.45, 7) is 7.32. The van der Waals surface area contributed by atoms with Crippen molar-refractivity contribution in [2.75, 3.05) is 6.54 Å². The van der Waals surface area contributed by atoms with Crippen molar-refractivity contribution in [1.29, 1.82) is 0 Å². The van der Waals surface area contributed by atoms with E-state index in [0.717, 1.165) is 11.3 Å². The lowest BCUT2D eigenvalue weighted by Gasteiger charge is -2.22. The molecule has 2 atom stereocenters. The number of benzene rings is 1. The van der Waals surface area contributed by atoms with Crippen LogP contribution in [0.1, 0.15) is 37.6 Å². The lowest BCUT2D eigenvalue weighted by molar-refractivity contribution is 0.0950.